The first-order valence-electron chi connectivity index (χ1n) is 6.71. The van der Waals surface area contributed by atoms with Crippen LogP contribution in [0.2, 0.25) is 0 Å². The van der Waals surface area contributed by atoms with E-state index >= 15 is 0 Å². The van der Waals surface area contributed by atoms with Crippen LogP contribution in [0.15, 0.2) is 18.2 Å². The van der Waals surface area contributed by atoms with E-state index in [1.807, 2.05) is 12.1 Å². The zero-order chi connectivity index (χ0) is 13.4. The fourth-order valence-corrected chi connectivity index (χ4v) is 1.66. The predicted octanol–water partition coefficient (Wildman–Crippen LogP) is 3.37. The van der Waals surface area contributed by atoms with E-state index in [0.717, 1.165) is 43.1 Å². The Kier molecular flexibility index (Phi) is 6.58. The molecule has 0 spiro atoms. The number of rotatable bonds is 8. The summed E-state index contributed by atoms with van der Waals surface area (Å²) >= 11 is 0. The molecule has 0 amide bonds. The Bertz CT molecular complexity index is 350. The highest BCUT2D eigenvalue weighted by molar-refractivity contribution is 5.46. The standard InChI is InChI=1S/C15H25NO2/c1-5-6-10-18-15-13(11-16-12(2)3)8-7-9-14(15)17-4/h7-9,12,16H,5-6,10-11H2,1-4H3. The molecule has 0 aliphatic rings. The fraction of sp³-hybridized carbons (Fsp3) is 0.600. The largest absolute Gasteiger partial charge is 0.493 e. The van der Waals surface area contributed by atoms with Crippen LogP contribution in [0.4, 0.5) is 0 Å². The second kappa shape index (κ2) is 7.98. The van der Waals surface area contributed by atoms with Crippen LogP contribution in [0.25, 0.3) is 0 Å². The zero-order valence-electron chi connectivity index (χ0n) is 12.0. The number of para-hydroxylation sites is 1. The van der Waals surface area contributed by atoms with Crippen molar-refractivity contribution in [3.8, 4) is 11.5 Å². The van der Waals surface area contributed by atoms with E-state index in [0.29, 0.717) is 6.04 Å². The molecular formula is C15H25NO2. The van der Waals surface area contributed by atoms with Gasteiger partial charge in [-0.1, -0.05) is 39.3 Å². The summed E-state index contributed by atoms with van der Waals surface area (Å²) in [4.78, 5) is 0. The Morgan fingerprint density at radius 2 is 2.06 bits per heavy atom. The number of ether oxygens (including phenoxy) is 2. The minimum atomic E-state index is 0.458. The smallest absolute Gasteiger partial charge is 0.165 e. The Morgan fingerprint density at radius 1 is 1.28 bits per heavy atom. The molecule has 1 aromatic rings. The lowest BCUT2D eigenvalue weighted by Gasteiger charge is -2.16. The van der Waals surface area contributed by atoms with E-state index in [9.17, 15) is 0 Å². The maximum Gasteiger partial charge on any atom is 0.165 e. The maximum atomic E-state index is 5.87. The molecule has 102 valence electrons. The molecule has 0 aromatic heterocycles. The van der Waals surface area contributed by atoms with Gasteiger partial charge in [-0.25, -0.2) is 0 Å². The van der Waals surface area contributed by atoms with Crippen LogP contribution in [0.3, 0.4) is 0 Å². The lowest BCUT2D eigenvalue weighted by atomic mass is 10.1. The van der Waals surface area contributed by atoms with Gasteiger partial charge in [-0.05, 0) is 12.5 Å². The normalized spacial score (nSPS) is 10.7. The number of hydrogen-bond acceptors (Lipinski definition) is 3. The third-order valence-corrected chi connectivity index (χ3v) is 2.73. The van der Waals surface area contributed by atoms with Crippen molar-refractivity contribution in [2.24, 2.45) is 0 Å². The summed E-state index contributed by atoms with van der Waals surface area (Å²) < 4.78 is 11.2. The lowest BCUT2D eigenvalue weighted by molar-refractivity contribution is 0.284. The number of nitrogens with one attached hydrogen (secondary N) is 1. The summed E-state index contributed by atoms with van der Waals surface area (Å²) in [6.07, 6.45) is 2.20. The van der Waals surface area contributed by atoms with E-state index in [4.69, 9.17) is 9.47 Å². The summed E-state index contributed by atoms with van der Waals surface area (Å²) in [6, 6.07) is 6.49. The average molecular weight is 251 g/mol. The molecule has 1 aromatic carbocycles. The minimum Gasteiger partial charge on any atom is -0.493 e. The van der Waals surface area contributed by atoms with Crippen LogP contribution >= 0.6 is 0 Å². The van der Waals surface area contributed by atoms with Gasteiger partial charge in [0.25, 0.3) is 0 Å². The Morgan fingerprint density at radius 3 is 2.67 bits per heavy atom. The van der Waals surface area contributed by atoms with Crippen LogP contribution in [0, 0.1) is 0 Å². The third-order valence-electron chi connectivity index (χ3n) is 2.73. The van der Waals surface area contributed by atoms with Crippen molar-refractivity contribution in [1.29, 1.82) is 0 Å². The Labute approximate surface area is 110 Å². The van der Waals surface area contributed by atoms with Gasteiger partial charge in [0.1, 0.15) is 0 Å². The van der Waals surface area contributed by atoms with Crippen molar-refractivity contribution in [3.05, 3.63) is 23.8 Å². The molecule has 0 unspecified atom stereocenters. The van der Waals surface area contributed by atoms with Gasteiger partial charge in [0.2, 0.25) is 0 Å². The Balaban J connectivity index is 2.79. The molecule has 1 N–H and O–H groups in total. The predicted molar refractivity (Wildman–Crippen MR) is 75.4 cm³/mol. The van der Waals surface area contributed by atoms with Gasteiger partial charge in [0, 0.05) is 18.2 Å². The van der Waals surface area contributed by atoms with Gasteiger partial charge >= 0.3 is 0 Å². The molecule has 3 nitrogen and oxygen atoms in total. The van der Waals surface area contributed by atoms with Crippen molar-refractivity contribution in [2.45, 2.75) is 46.2 Å². The van der Waals surface area contributed by atoms with Crippen molar-refractivity contribution in [1.82, 2.24) is 5.32 Å². The van der Waals surface area contributed by atoms with Crippen molar-refractivity contribution in [3.63, 3.8) is 0 Å². The summed E-state index contributed by atoms with van der Waals surface area (Å²) in [6.45, 7) is 7.98. The van der Waals surface area contributed by atoms with Crippen molar-refractivity contribution >= 4 is 0 Å². The van der Waals surface area contributed by atoms with E-state index in [2.05, 4.69) is 32.2 Å². The molecule has 18 heavy (non-hydrogen) atoms. The van der Waals surface area contributed by atoms with Crippen LogP contribution in [0.1, 0.15) is 39.2 Å². The fourth-order valence-electron chi connectivity index (χ4n) is 1.66. The Hall–Kier alpha value is -1.22. The monoisotopic (exact) mass is 251 g/mol. The molecule has 0 saturated carbocycles. The molecule has 0 atom stereocenters. The van der Waals surface area contributed by atoms with E-state index in [-0.39, 0.29) is 0 Å². The molecular weight excluding hydrogens is 226 g/mol. The minimum absolute atomic E-state index is 0.458. The van der Waals surface area contributed by atoms with Crippen LogP contribution < -0.4 is 14.8 Å². The molecule has 0 aliphatic carbocycles. The summed E-state index contributed by atoms with van der Waals surface area (Å²) in [5.74, 6) is 1.69. The van der Waals surface area contributed by atoms with Gasteiger partial charge in [0.15, 0.2) is 11.5 Å². The van der Waals surface area contributed by atoms with E-state index in [1.54, 1.807) is 7.11 Å². The second-order valence-electron chi connectivity index (χ2n) is 4.69. The number of hydrogen-bond donors (Lipinski definition) is 1. The van der Waals surface area contributed by atoms with Crippen LogP contribution in [0.5, 0.6) is 11.5 Å². The molecule has 0 heterocycles. The summed E-state index contributed by atoms with van der Waals surface area (Å²) in [5.41, 5.74) is 1.15. The summed E-state index contributed by atoms with van der Waals surface area (Å²) in [5, 5.41) is 3.41. The molecule has 0 saturated heterocycles. The average Bonchev–Trinajstić information content (AvgIpc) is 2.37. The van der Waals surface area contributed by atoms with Gasteiger partial charge in [-0.15, -0.1) is 0 Å². The van der Waals surface area contributed by atoms with Crippen molar-refractivity contribution in [2.75, 3.05) is 13.7 Å². The highest BCUT2D eigenvalue weighted by Gasteiger charge is 2.10. The van der Waals surface area contributed by atoms with Crippen LogP contribution in [-0.4, -0.2) is 19.8 Å². The number of unbranched alkanes of at least 4 members (excludes halogenated alkanes) is 1. The lowest BCUT2D eigenvalue weighted by Crippen LogP contribution is -2.22. The second-order valence-corrected chi connectivity index (χ2v) is 4.69. The molecule has 0 fully saturated rings. The molecule has 3 heteroatoms. The SMILES string of the molecule is CCCCOc1c(CNC(C)C)cccc1OC. The highest BCUT2D eigenvalue weighted by atomic mass is 16.5. The zero-order valence-corrected chi connectivity index (χ0v) is 12.0. The third kappa shape index (κ3) is 4.57. The first kappa shape index (κ1) is 14.8. The highest BCUT2D eigenvalue weighted by Crippen LogP contribution is 2.31. The number of methoxy groups -OCH3 is 1. The molecule has 1 rings (SSSR count). The van der Waals surface area contributed by atoms with Gasteiger partial charge in [0.05, 0.1) is 13.7 Å². The van der Waals surface area contributed by atoms with E-state index < -0.39 is 0 Å². The first-order valence-corrected chi connectivity index (χ1v) is 6.71. The summed E-state index contributed by atoms with van der Waals surface area (Å²) in [7, 11) is 1.68. The van der Waals surface area contributed by atoms with E-state index in [1.165, 1.54) is 0 Å². The molecule has 0 radical (unpaired) electrons. The van der Waals surface area contributed by atoms with Gasteiger partial charge < -0.3 is 14.8 Å². The maximum absolute atomic E-state index is 5.87. The van der Waals surface area contributed by atoms with Crippen molar-refractivity contribution < 1.29 is 9.47 Å². The van der Waals surface area contributed by atoms with Gasteiger partial charge in [-0.2, -0.15) is 0 Å². The number of benzene rings is 1. The quantitative estimate of drug-likeness (QED) is 0.719. The molecule has 0 bridgehead atoms. The van der Waals surface area contributed by atoms with Gasteiger partial charge in [-0.3, -0.25) is 0 Å². The first-order chi connectivity index (χ1) is 8.69. The van der Waals surface area contributed by atoms with Crippen LogP contribution in [-0.2, 0) is 6.54 Å². The topological polar surface area (TPSA) is 30.5 Å². The molecule has 0 aliphatic heterocycles.